The molecule has 0 unspecified atom stereocenters. The van der Waals surface area contributed by atoms with E-state index in [1.165, 1.54) is 7.11 Å². The molecular weight excluding hydrogens is 354 g/mol. The molecule has 0 bridgehead atoms. The third-order valence-electron chi connectivity index (χ3n) is 4.94. The number of carbonyl (C=O) groups excluding carboxylic acids is 1. The van der Waals surface area contributed by atoms with Gasteiger partial charge in [0.1, 0.15) is 0 Å². The van der Waals surface area contributed by atoms with Gasteiger partial charge in [0.05, 0.1) is 23.7 Å². The first-order valence-electron chi connectivity index (χ1n) is 8.77. The predicted molar refractivity (Wildman–Crippen MR) is 107 cm³/mol. The molecule has 1 N–H and O–H groups in total. The summed E-state index contributed by atoms with van der Waals surface area (Å²) < 4.78 is 6.58. The van der Waals surface area contributed by atoms with Crippen molar-refractivity contribution in [3.63, 3.8) is 0 Å². The summed E-state index contributed by atoms with van der Waals surface area (Å²) in [6, 6.07) is 15.2. The van der Waals surface area contributed by atoms with Gasteiger partial charge in [-0.3, -0.25) is 9.20 Å². The smallest absolute Gasteiger partial charge is 0.337 e. The summed E-state index contributed by atoms with van der Waals surface area (Å²) in [5, 5.41) is 2.99. The summed E-state index contributed by atoms with van der Waals surface area (Å²) in [7, 11) is 1.36. The molecule has 5 rings (SSSR count). The largest absolute Gasteiger partial charge is 0.465 e. The minimum atomic E-state index is -0.367. The van der Waals surface area contributed by atoms with Crippen molar-refractivity contribution in [1.82, 2.24) is 14.4 Å². The summed E-state index contributed by atoms with van der Waals surface area (Å²) in [6.45, 7) is 0. The number of nitrogens with one attached hydrogen (secondary N) is 1. The van der Waals surface area contributed by atoms with Crippen LogP contribution in [-0.2, 0) is 4.74 Å². The van der Waals surface area contributed by atoms with Gasteiger partial charge < -0.3 is 9.72 Å². The molecule has 0 saturated heterocycles. The van der Waals surface area contributed by atoms with E-state index >= 15 is 0 Å². The highest BCUT2D eigenvalue weighted by Crippen LogP contribution is 2.22. The molecule has 0 aliphatic carbocycles. The number of methoxy groups -OCH3 is 1. The molecule has 0 saturated carbocycles. The van der Waals surface area contributed by atoms with Crippen LogP contribution < -0.4 is 10.8 Å². The quantitative estimate of drug-likeness (QED) is 0.486. The first kappa shape index (κ1) is 16.3. The van der Waals surface area contributed by atoms with Gasteiger partial charge in [-0.25, -0.2) is 9.78 Å². The van der Waals surface area contributed by atoms with Crippen LogP contribution in [0.1, 0.15) is 15.9 Å². The fourth-order valence-corrected chi connectivity index (χ4v) is 3.67. The lowest BCUT2D eigenvalue weighted by Crippen LogP contribution is -2.13. The average molecular weight is 369 g/mol. The van der Waals surface area contributed by atoms with E-state index in [0.717, 1.165) is 32.6 Å². The Hall–Kier alpha value is -3.93. The van der Waals surface area contributed by atoms with Gasteiger partial charge in [0, 0.05) is 23.0 Å². The maximum absolute atomic E-state index is 12.4. The lowest BCUT2D eigenvalue weighted by Gasteiger charge is -2.00. The van der Waals surface area contributed by atoms with Crippen LogP contribution in [0.3, 0.4) is 0 Å². The van der Waals surface area contributed by atoms with Crippen LogP contribution in [0.2, 0.25) is 0 Å². The lowest BCUT2D eigenvalue weighted by atomic mass is 10.1. The normalized spacial score (nSPS) is 12.2. The fourth-order valence-electron chi connectivity index (χ4n) is 3.67. The molecule has 0 atom stereocenters. The van der Waals surface area contributed by atoms with Crippen molar-refractivity contribution in [2.45, 2.75) is 0 Å². The molecule has 0 aliphatic heterocycles. The van der Waals surface area contributed by atoms with E-state index in [1.54, 1.807) is 24.5 Å². The summed E-state index contributed by atoms with van der Waals surface area (Å²) in [4.78, 5) is 31.2. The van der Waals surface area contributed by atoms with E-state index in [2.05, 4.69) is 9.97 Å². The molecular formula is C22H15N3O3. The van der Waals surface area contributed by atoms with Gasteiger partial charge in [0.2, 0.25) is 5.65 Å². The van der Waals surface area contributed by atoms with E-state index in [4.69, 9.17) is 4.74 Å². The van der Waals surface area contributed by atoms with Crippen LogP contribution in [0.15, 0.2) is 65.7 Å². The number of imidazole rings is 1. The van der Waals surface area contributed by atoms with E-state index in [0.29, 0.717) is 11.2 Å². The molecule has 0 fully saturated rings. The number of hydrogen-bond donors (Lipinski definition) is 1. The zero-order valence-electron chi connectivity index (χ0n) is 15.0. The van der Waals surface area contributed by atoms with Crippen LogP contribution in [0.5, 0.6) is 0 Å². The van der Waals surface area contributed by atoms with Gasteiger partial charge in [-0.2, -0.15) is 0 Å². The average Bonchev–Trinajstić information content (AvgIpc) is 3.33. The Morgan fingerprint density at radius 3 is 2.61 bits per heavy atom. The second-order valence-corrected chi connectivity index (χ2v) is 6.52. The van der Waals surface area contributed by atoms with Gasteiger partial charge in [-0.1, -0.05) is 36.4 Å². The number of fused-ring (bicyclic) bond motifs is 5. The highest BCUT2D eigenvalue weighted by atomic mass is 16.5. The second kappa shape index (κ2) is 6.06. The van der Waals surface area contributed by atoms with E-state index in [1.807, 2.05) is 46.9 Å². The van der Waals surface area contributed by atoms with E-state index in [9.17, 15) is 9.59 Å². The number of aromatic amines is 1. The number of H-pyrrole nitrogens is 1. The highest BCUT2D eigenvalue weighted by Gasteiger charge is 2.13. The fraction of sp³-hybridized carbons (Fsp3) is 0.0455. The number of ether oxygens (including phenoxy) is 1. The van der Waals surface area contributed by atoms with Gasteiger partial charge in [0.15, 0.2) is 0 Å². The number of nitrogens with zero attached hydrogens (tertiary/aromatic N) is 2. The van der Waals surface area contributed by atoms with Crippen molar-refractivity contribution in [2.24, 2.45) is 0 Å². The maximum Gasteiger partial charge on any atom is 0.337 e. The Bertz CT molecular complexity index is 1480. The molecule has 6 heteroatoms. The molecule has 0 spiro atoms. The third kappa shape index (κ3) is 2.31. The monoisotopic (exact) mass is 369 g/mol. The van der Waals surface area contributed by atoms with Gasteiger partial charge in [-0.05, 0) is 29.2 Å². The Morgan fingerprint density at radius 2 is 1.86 bits per heavy atom. The molecule has 2 aromatic heterocycles. The summed E-state index contributed by atoms with van der Waals surface area (Å²) in [6.07, 6.45) is 5.46. The molecule has 28 heavy (non-hydrogen) atoms. The number of aromatic nitrogens is 3. The number of rotatable bonds is 2. The number of esters is 1. The van der Waals surface area contributed by atoms with E-state index < -0.39 is 0 Å². The first-order chi connectivity index (χ1) is 13.7. The van der Waals surface area contributed by atoms with Gasteiger partial charge in [-0.15, -0.1) is 0 Å². The van der Waals surface area contributed by atoms with Crippen LogP contribution >= 0.6 is 0 Å². The zero-order valence-corrected chi connectivity index (χ0v) is 15.0. The zero-order chi connectivity index (χ0) is 19.3. The molecule has 136 valence electrons. The maximum atomic E-state index is 12.4. The molecule has 6 nitrogen and oxygen atoms in total. The Morgan fingerprint density at radius 1 is 1.11 bits per heavy atom. The topological polar surface area (TPSA) is 76.5 Å². The van der Waals surface area contributed by atoms with Crippen molar-refractivity contribution in [2.75, 3.05) is 7.11 Å². The summed E-state index contributed by atoms with van der Waals surface area (Å²) >= 11 is 0. The van der Waals surface area contributed by atoms with Crippen LogP contribution in [0, 0.1) is 0 Å². The first-order valence-corrected chi connectivity index (χ1v) is 8.77. The Labute approximate surface area is 158 Å². The molecule has 3 aromatic carbocycles. The summed E-state index contributed by atoms with van der Waals surface area (Å²) in [5.41, 5.74) is 3.25. The standard InChI is InChI=1S/C22H15N3O3/c1-28-22(27)14-8-6-13(7-9-14)12-17-15-4-2-3-5-16(15)18-19(17)25-11-10-23-20(25)21(26)24-18/h2-12H,1H3,(H,24,26)/b17-12+. The second-order valence-electron chi connectivity index (χ2n) is 6.52. The van der Waals surface area contributed by atoms with Crippen molar-refractivity contribution in [1.29, 1.82) is 0 Å². The number of carbonyl (C=O) groups is 1. The minimum Gasteiger partial charge on any atom is -0.465 e. The predicted octanol–water partition coefficient (Wildman–Crippen LogP) is 2.66. The van der Waals surface area contributed by atoms with Crippen LogP contribution in [0.4, 0.5) is 0 Å². The number of benzene rings is 2. The molecule has 0 radical (unpaired) electrons. The third-order valence-corrected chi connectivity index (χ3v) is 4.94. The van der Waals surface area contributed by atoms with Crippen molar-refractivity contribution < 1.29 is 9.53 Å². The lowest BCUT2D eigenvalue weighted by molar-refractivity contribution is 0.0600. The minimum absolute atomic E-state index is 0.220. The molecule has 0 aliphatic rings. The van der Waals surface area contributed by atoms with E-state index in [-0.39, 0.29) is 11.5 Å². The van der Waals surface area contributed by atoms with Gasteiger partial charge in [0.25, 0.3) is 5.56 Å². The Balaban J connectivity index is 1.87. The van der Waals surface area contributed by atoms with Crippen LogP contribution in [-0.4, -0.2) is 27.4 Å². The van der Waals surface area contributed by atoms with Crippen molar-refractivity contribution in [3.8, 4) is 0 Å². The number of hydrogen-bond acceptors (Lipinski definition) is 4. The van der Waals surface area contributed by atoms with Crippen molar-refractivity contribution in [3.05, 3.63) is 87.6 Å². The van der Waals surface area contributed by atoms with Gasteiger partial charge >= 0.3 is 5.97 Å². The molecule has 2 heterocycles. The molecule has 0 amide bonds. The Kier molecular flexibility index (Phi) is 3.52. The summed E-state index contributed by atoms with van der Waals surface area (Å²) in [5.74, 6) is -0.367. The highest BCUT2D eigenvalue weighted by molar-refractivity contribution is 6.10. The molecule has 5 aromatic rings. The van der Waals surface area contributed by atoms with Crippen LogP contribution in [0.25, 0.3) is 33.5 Å². The SMILES string of the molecule is COC(=O)c1ccc(/C=c2\c3ccccc3c3[nH]c(=O)c4nccn4c23)cc1. The van der Waals surface area contributed by atoms with Crippen molar-refractivity contribution >= 4 is 39.5 Å².